The van der Waals surface area contributed by atoms with Crippen LogP contribution in [-0.2, 0) is 0 Å². The van der Waals surface area contributed by atoms with Crippen LogP contribution in [0.5, 0.6) is 5.75 Å². The van der Waals surface area contributed by atoms with Crippen molar-refractivity contribution in [2.24, 2.45) is 0 Å². The SMILES string of the molecule is O=C(c1cc2ccccc2s1)N1CCN(CCOc2cccnc2)CC1. The lowest BCUT2D eigenvalue weighted by Crippen LogP contribution is -2.49. The minimum Gasteiger partial charge on any atom is -0.491 e. The average molecular weight is 367 g/mol. The lowest BCUT2D eigenvalue weighted by atomic mass is 10.2. The number of rotatable bonds is 5. The Kier molecular flexibility index (Phi) is 5.13. The van der Waals surface area contributed by atoms with Gasteiger partial charge in [-0.2, -0.15) is 0 Å². The molecule has 1 aliphatic rings. The molecule has 0 bridgehead atoms. The fourth-order valence-corrected chi connectivity index (χ4v) is 4.17. The molecule has 26 heavy (non-hydrogen) atoms. The summed E-state index contributed by atoms with van der Waals surface area (Å²) in [6.07, 6.45) is 3.46. The summed E-state index contributed by atoms with van der Waals surface area (Å²) in [6.45, 7) is 4.79. The van der Waals surface area contributed by atoms with Crippen molar-refractivity contribution >= 4 is 27.3 Å². The van der Waals surface area contributed by atoms with Gasteiger partial charge in [0.2, 0.25) is 0 Å². The smallest absolute Gasteiger partial charge is 0.264 e. The summed E-state index contributed by atoms with van der Waals surface area (Å²) < 4.78 is 6.87. The number of pyridine rings is 1. The van der Waals surface area contributed by atoms with Gasteiger partial charge in [0.05, 0.1) is 11.1 Å². The van der Waals surface area contributed by atoms with Crippen molar-refractivity contribution < 1.29 is 9.53 Å². The molecule has 0 atom stereocenters. The Morgan fingerprint density at radius 1 is 1.12 bits per heavy atom. The van der Waals surface area contributed by atoms with E-state index in [0.29, 0.717) is 6.61 Å². The summed E-state index contributed by atoms with van der Waals surface area (Å²) in [7, 11) is 0. The van der Waals surface area contributed by atoms with E-state index in [0.717, 1.165) is 48.7 Å². The Balaban J connectivity index is 1.27. The molecule has 2 aromatic heterocycles. The van der Waals surface area contributed by atoms with Crippen molar-refractivity contribution in [3.05, 3.63) is 59.7 Å². The Labute approximate surface area is 156 Å². The molecule has 4 rings (SSSR count). The number of amides is 1. The van der Waals surface area contributed by atoms with Crippen molar-refractivity contribution in [2.45, 2.75) is 0 Å². The first-order chi connectivity index (χ1) is 12.8. The minimum absolute atomic E-state index is 0.150. The molecule has 0 saturated carbocycles. The fourth-order valence-electron chi connectivity index (χ4n) is 3.14. The van der Waals surface area contributed by atoms with Crippen molar-refractivity contribution in [3.8, 4) is 5.75 Å². The number of carbonyl (C=O) groups excluding carboxylic acids is 1. The molecule has 1 fully saturated rings. The molecule has 0 aliphatic carbocycles. The van der Waals surface area contributed by atoms with Gasteiger partial charge in [-0.3, -0.25) is 14.7 Å². The molecule has 0 spiro atoms. The molecule has 3 aromatic rings. The Bertz CT molecular complexity index is 840. The van der Waals surface area contributed by atoms with E-state index in [1.54, 1.807) is 23.7 Å². The second-order valence-electron chi connectivity index (χ2n) is 6.32. The number of carbonyl (C=O) groups is 1. The number of fused-ring (bicyclic) bond motifs is 1. The van der Waals surface area contributed by atoms with Gasteiger partial charge < -0.3 is 9.64 Å². The number of piperazine rings is 1. The number of ether oxygens (including phenoxy) is 1. The summed E-state index contributed by atoms with van der Waals surface area (Å²) in [6, 6.07) is 13.9. The third-order valence-electron chi connectivity index (χ3n) is 4.61. The first kappa shape index (κ1) is 17.0. The maximum atomic E-state index is 12.8. The maximum absolute atomic E-state index is 12.8. The molecule has 6 heteroatoms. The van der Waals surface area contributed by atoms with Gasteiger partial charge in [0.15, 0.2) is 0 Å². The van der Waals surface area contributed by atoms with E-state index in [9.17, 15) is 4.79 Å². The van der Waals surface area contributed by atoms with Gasteiger partial charge in [0.25, 0.3) is 5.91 Å². The van der Waals surface area contributed by atoms with Gasteiger partial charge in [-0.15, -0.1) is 11.3 Å². The molecular weight excluding hydrogens is 346 g/mol. The number of thiophene rings is 1. The lowest BCUT2D eigenvalue weighted by Gasteiger charge is -2.34. The maximum Gasteiger partial charge on any atom is 0.264 e. The average Bonchev–Trinajstić information content (AvgIpc) is 3.13. The van der Waals surface area contributed by atoms with Crippen LogP contribution in [0.1, 0.15) is 9.67 Å². The fraction of sp³-hybridized carbons (Fsp3) is 0.300. The Morgan fingerprint density at radius 2 is 1.96 bits per heavy atom. The summed E-state index contributed by atoms with van der Waals surface area (Å²) >= 11 is 1.58. The highest BCUT2D eigenvalue weighted by atomic mass is 32.1. The van der Waals surface area contributed by atoms with E-state index in [2.05, 4.69) is 22.0 Å². The monoisotopic (exact) mass is 367 g/mol. The van der Waals surface area contributed by atoms with Crippen LogP contribution in [0.15, 0.2) is 54.9 Å². The van der Waals surface area contributed by atoms with Gasteiger partial charge in [0, 0.05) is 43.6 Å². The lowest BCUT2D eigenvalue weighted by molar-refractivity contribution is 0.0625. The van der Waals surface area contributed by atoms with Crippen LogP contribution in [-0.4, -0.2) is 60.0 Å². The van der Waals surface area contributed by atoms with Crippen LogP contribution < -0.4 is 4.74 Å². The second-order valence-corrected chi connectivity index (χ2v) is 7.40. The highest BCUT2D eigenvalue weighted by Gasteiger charge is 2.23. The normalized spacial score (nSPS) is 15.3. The third-order valence-corrected chi connectivity index (χ3v) is 5.71. The van der Waals surface area contributed by atoms with Crippen molar-refractivity contribution in [3.63, 3.8) is 0 Å². The predicted octanol–water partition coefficient (Wildman–Crippen LogP) is 3.13. The minimum atomic E-state index is 0.150. The molecule has 0 radical (unpaired) electrons. The summed E-state index contributed by atoms with van der Waals surface area (Å²) in [5.74, 6) is 0.948. The van der Waals surface area contributed by atoms with E-state index < -0.39 is 0 Å². The number of hydrogen-bond acceptors (Lipinski definition) is 5. The number of hydrogen-bond donors (Lipinski definition) is 0. The van der Waals surface area contributed by atoms with Crippen molar-refractivity contribution in [1.82, 2.24) is 14.8 Å². The topological polar surface area (TPSA) is 45.7 Å². The van der Waals surface area contributed by atoms with Crippen molar-refractivity contribution in [2.75, 3.05) is 39.3 Å². The number of nitrogens with zero attached hydrogens (tertiary/aromatic N) is 3. The Morgan fingerprint density at radius 3 is 2.73 bits per heavy atom. The number of benzene rings is 1. The first-order valence-electron chi connectivity index (χ1n) is 8.83. The molecule has 0 N–H and O–H groups in total. The van der Waals surface area contributed by atoms with Crippen LogP contribution in [0.25, 0.3) is 10.1 Å². The zero-order valence-corrected chi connectivity index (χ0v) is 15.3. The Hall–Kier alpha value is -2.44. The summed E-state index contributed by atoms with van der Waals surface area (Å²) in [4.78, 5) is 21.9. The highest BCUT2D eigenvalue weighted by Crippen LogP contribution is 2.26. The molecule has 1 saturated heterocycles. The third kappa shape index (κ3) is 3.86. The van der Waals surface area contributed by atoms with Gasteiger partial charge in [-0.05, 0) is 29.7 Å². The summed E-state index contributed by atoms with van der Waals surface area (Å²) in [5.41, 5.74) is 0. The first-order valence-corrected chi connectivity index (χ1v) is 9.64. The van der Waals surface area contributed by atoms with Crippen LogP contribution in [0, 0.1) is 0 Å². The molecule has 3 heterocycles. The van der Waals surface area contributed by atoms with Crippen LogP contribution in [0.4, 0.5) is 0 Å². The molecule has 1 aliphatic heterocycles. The quantitative estimate of drug-likeness (QED) is 0.695. The van der Waals surface area contributed by atoms with Gasteiger partial charge >= 0.3 is 0 Å². The molecule has 0 unspecified atom stereocenters. The van der Waals surface area contributed by atoms with Gasteiger partial charge in [-0.25, -0.2) is 0 Å². The zero-order valence-electron chi connectivity index (χ0n) is 14.5. The van der Waals surface area contributed by atoms with Gasteiger partial charge in [-0.1, -0.05) is 18.2 Å². The van der Waals surface area contributed by atoms with Crippen LogP contribution in [0.3, 0.4) is 0 Å². The van der Waals surface area contributed by atoms with E-state index in [-0.39, 0.29) is 5.91 Å². The van der Waals surface area contributed by atoms with E-state index in [1.807, 2.05) is 35.2 Å². The van der Waals surface area contributed by atoms with E-state index >= 15 is 0 Å². The molecule has 134 valence electrons. The van der Waals surface area contributed by atoms with Crippen molar-refractivity contribution in [1.29, 1.82) is 0 Å². The van der Waals surface area contributed by atoms with Crippen LogP contribution in [0.2, 0.25) is 0 Å². The molecular formula is C20H21N3O2S. The molecule has 1 amide bonds. The summed E-state index contributed by atoms with van der Waals surface area (Å²) in [5, 5.41) is 1.15. The van der Waals surface area contributed by atoms with E-state index in [4.69, 9.17) is 4.74 Å². The van der Waals surface area contributed by atoms with E-state index in [1.165, 1.54) is 4.70 Å². The molecule has 1 aromatic carbocycles. The highest BCUT2D eigenvalue weighted by molar-refractivity contribution is 7.20. The number of aromatic nitrogens is 1. The van der Waals surface area contributed by atoms with Crippen LogP contribution >= 0.6 is 11.3 Å². The second kappa shape index (κ2) is 7.85. The predicted molar refractivity (Wildman–Crippen MR) is 104 cm³/mol. The van der Waals surface area contributed by atoms with Gasteiger partial charge in [0.1, 0.15) is 12.4 Å². The largest absolute Gasteiger partial charge is 0.491 e. The zero-order chi connectivity index (χ0) is 17.8. The standard InChI is InChI=1S/C20H21N3O2S/c24-20(19-14-16-4-1-2-6-18(16)26-19)23-10-8-22(9-11-23)12-13-25-17-5-3-7-21-15-17/h1-7,14-15H,8-13H2. The molecule has 5 nitrogen and oxygen atoms in total.